The van der Waals surface area contributed by atoms with Crippen molar-refractivity contribution in [2.45, 2.75) is 11.8 Å². The lowest BCUT2D eigenvalue weighted by Gasteiger charge is -2.40. The molecule has 166 valence electrons. The van der Waals surface area contributed by atoms with Gasteiger partial charge < -0.3 is 4.90 Å². The van der Waals surface area contributed by atoms with Gasteiger partial charge in [-0.25, -0.2) is 0 Å². The van der Waals surface area contributed by atoms with E-state index >= 15 is 0 Å². The standard InChI is InChI=1S/C29H30N4/c1-4-11-25(12-5-1)29(26-13-6-2-7-14-26,27-15-8-3-9-16-27)18-20-32-21-23-33(24-22-32)28-17-10-19-30-31-28/h1-17,19H,18,20-24H2. The number of aromatic nitrogens is 2. The summed E-state index contributed by atoms with van der Waals surface area (Å²) in [5.41, 5.74) is 3.85. The van der Waals surface area contributed by atoms with E-state index in [-0.39, 0.29) is 5.41 Å². The number of hydrogen-bond acceptors (Lipinski definition) is 4. The van der Waals surface area contributed by atoms with Crippen LogP contribution in [0, 0.1) is 0 Å². The summed E-state index contributed by atoms with van der Waals surface area (Å²) in [7, 11) is 0. The van der Waals surface area contributed by atoms with Crippen molar-refractivity contribution in [3.05, 3.63) is 126 Å². The first-order valence-corrected chi connectivity index (χ1v) is 11.8. The molecule has 0 atom stereocenters. The van der Waals surface area contributed by atoms with E-state index < -0.39 is 0 Å². The highest BCUT2D eigenvalue weighted by atomic mass is 15.3. The van der Waals surface area contributed by atoms with Crippen LogP contribution in [-0.2, 0) is 5.41 Å². The maximum absolute atomic E-state index is 4.29. The predicted molar refractivity (Wildman–Crippen MR) is 135 cm³/mol. The molecule has 0 saturated carbocycles. The van der Waals surface area contributed by atoms with Crippen LogP contribution >= 0.6 is 0 Å². The smallest absolute Gasteiger partial charge is 0.151 e. The molecule has 33 heavy (non-hydrogen) atoms. The van der Waals surface area contributed by atoms with Gasteiger partial charge in [0.2, 0.25) is 0 Å². The van der Waals surface area contributed by atoms with Crippen LogP contribution in [0.2, 0.25) is 0 Å². The molecule has 4 aromatic rings. The first-order valence-electron chi connectivity index (χ1n) is 11.8. The predicted octanol–water partition coefficient (Wildman–Crippen LogP) is 5.02. The van der Waals surface area contributed by atoms with Crippen molar-refractivity contribution in [1.29, 1.82) is 0 Å². The Morgan fingerprint density at radius 2 is 1.12 bits per heavy atom. The molecule has 5 rings (SSSR count). The summed E-state index contributed by atoms with van der Waals surface area (Å²) in [5.74, 6) is 0.976. The third-order valence-electron chi connectivity index (χ3n) is 6.86. The van der Waals surface area contributed by atoms with Gasteiger partial charge in [-0.15, -0.1) is 5.10 Å². The van der Waals surface area contributed by atoms with Crippen LogP contribution in [0.4, 0.5) is 5.82 Å². The molecule has 0 unspecified atom stereocenters. The van der Waals surface area contributed by atoms with Crippen LogP contribution in [0.1, 0.15) is 23.1 Å². The Balaban J connectivity index is 1.42. The van der Waals surface area contributed by atoms with Crippen molar-refractivity contribution in [1.82, 2.24) is 15.1 Å². The van der Waals surface area contributed by atoms with Gasteiger partial charge in [0, 0.05) is 37.8 Å². The van der Waals surface area contributed by atoms with Crippen molar-refractivity contribution in [2.75, 3.05) is 37.6 Å². The van der Waals surface area contributed by atoms with Crippen LogP contribution in [0.25, 0.3) is 0 Å². The van der Waals surface area contributed by atoms with Gasteiger partial charge in [-0.3, -0.25) is 4.90 Å². The second-order valence-corrected chi connectivity index (χ2v) is 8.66. The summed E-state index contributed by atoms with van der Waals surface area (Å²) in [6, 6.07) is 37.0. The van der Waals surface area contributed by atoms with Crippen LogP contribution in [0.5, 0.6) is 0 Å². The molecule has 4 nitrogen and oxygen atoms in total. The van der Waals surface area contributed by atoms with Gasteiger partial charge in [0.05, 0.1) is 0 Å². The molecule has 0 bridgehead atoms. The highest BCUT2D eigenvalue weighted by Gasteiger charge is 2.36. The zero-order valence-electron chi connectivity index (χ0n) is 18.9. The van der Waals surface area contributed by atoms with E-state index in [0.717, 1.165) is 45.0 Å². The van der Waals surface area contributed by atoms with Gasteiger partial charge >= 0.3 is 0 Å². The summed E-state index contributed by atoms with van der Waals surface area (Å²) in [6.45, 7) is 5.06. The van der Waals surface area contributed by atoms with Gasteiger partial charge in [-0.05, 0) is 41.8 Å². The number of piperazine rings is 1. The Kier molecular flexibility index (Phi) is 6.45. The molecule has 1 aliphatic heterocycles. The average Bonchev–Trinajstić information content (AvgIpc) is 2.92. The molecule has 0 spiro atoms. The molecule has 0 amide bonds. The van der Waals surface area contributed by atoms with Crippen molar-refractivity contribution < 1.29 is 0 Å². The van der Waals surface area contributed by atoms with E-state index in [0.29, 0.717) is 0 Å². The second kappa shape index (κ2) is 9.97. The fourth-order valence-electron chi connectivity index (χ4n) is 5.09. The van der Waals surface area contributed by atoms with Crippen molar-refractivity contribution in [3.63, 3.8) is 0 Å². The highest BCUT2D eigenvalue weighted by molar-refractivity contribution is 5.50. The van der Waals surface area contributed by atoms with Crippen LogP contribution in [0.3, 0.4) is 0 Å². The zero-order chi connectivity index (χ0) is 22.3. The monoisotopic (exact) mass is 434 g/mol. The maximum Gasteiger partial charge on any atom is 0.151 e. The first kappa shape index (κ1) is 21.4. The lowest BCUT2D eigenvalue weighted by atomic mass is 9.67. The van der Waals surface area contributed by atoms with Crippen molar-refractivity contribution in [2.24, 2.45) is 0 Å². The Morgan fingerprint density at radius 3 is 1.58 bits per heavy atom. The average molecular weight is 435 g/mol. The Hall–Kier alpha value is -3.50. The number of rotatable bonds is 7. The minimum Gasteiger partial charge on any atom is -0.353 e. The van der Waals surface area contributed by atoms with Crippen LogP contribution < -0.4 is 4.90 Å². The molecule has 1 aromatic heterocycles. The van der Waals surface area contributed by atoms with Gasteiger partial charge in [-0.1, -0.05) is 91.0 Å². The summed E-state index contributed by atoms with van der Waals surface area (Å²) in [5, 5.41) is 8.33. The summed E-state index contributed by atoms with van der Waals surface area (Å²) in [6.07, 6.45) is 2.76. The maximum atomic E-state index is 4.29. The second-order valence-electron chi connectivity index (χ2n) is 8.66. The summed E-state index contributed by atoms with van der Waals surface area (Å²) >= 11 is 0. The molecule has 1 saturated heterocycles. The van der Waals surface area contributed by atoms with E-state index in [1.165, 1.54) is 16.7 Å². The normalized spacial score (nSPS) is 14.8. The molecular formula is C29H30N4. The third kappa shape index (κ3) is 4.53. The SMILES string of the molecule is c1ccc(C(CCN2CCN(c3cccnn3)CC2)(c2ccccc2)c2ccccc2)cc1. The molecule has 2 heterocycles. The molecule has 0 N–H and O–H groups in total. The number of nitrogens with zero attached hydrogens (tertiary/aromatic N) is 4. The van der Waals surface area contributed by atoms with Gasteiger partial charge in [0.15, 0.2) is 5.82 Å². The van der Waals surface area contributed by atoms with Crippen molar-refractivity contribution in [3.8, 4) is 0 Å². The quantitative estimate of drug-likeness (QED) is 0.382. The minimum atomic E-state index is -0.189. The number of benzene rings is 3. The van der Waals surface area contributed by atoms with E-state index in [2.05, 4.69) is 111 Å². The molecule has 0 radical (unpaired) electrons. The van der Waals surface area contributed by atoms with Crippen LogP contribution in [0.15, 0.2) is 109 Å². The fraction of sp³-hybridized carbons (Fsp3) is 0.241. The Labute approximate surface area is 196 Å². The Bertz CT molecular complexity index is 1010. The molecule has 3 aromatic carbocycles. The van der Waals surface area contributed by atoms with E-state index in [1.807, 2.05) is 12.1 Å². The van der Waals surface area contributed by atoms with Gasteiger partial charge in [0.25, 0.3) is 0 Å². The first-order chi connectivity index (χ1) is 16.4. The Morgan fingerprint density at radius 1 is 0.606 bits per heavy atom. The minimum absolute atomic E-state index is 0.189. The van der Waals surface area contributed by atoms with Gasteiger partial charge in [0.1, 0.15) is 0 Å². The largest absolute Gasteiger partial charge is 0.353 e. The molecular weight excluding hydrogens is 404 g/mol. The number of hydrogen-bond donors (Lipinski definition) is 0. The number of anilines is 1. The van der Waals surface area contributed by atoms with E-state index in [4.69, 9.17) is 0 Å². The summed E-state index contributed by atoms with van der Waals surface area (Å²) in [4.78, 5) is 4.93. The molecule has 1 aliphatic rings. The van der Waals surface area contributed by atoms with E-state index in [1.54, 1.807) is 6.20 Å². The molecule has 1 fully saturated rings. The summed E-state index contributed by atoms with van der Waals surface area (Å²) < 4.78 is 0. The van der Waals surface area contributed by atoms with Crippen LogP contribution in [-0.4, -0.2) is 47.8 Å². The van der Waals surface area contributed by atoms with E-state index in [9.17, 15) is 0 Å². The topological polar surface area (TPSA) is 32.3 Å². The third-order valence-corrected chi connectivity index (χ3v) is 6.86. The lowest BCUT2D eigenvalue weighted by Crippen LogP contribution is -2.48. The lowest BCUT2D eigenvalue weighted by molar-refractivity contribution is 0.241. The highest BCUT2D eigenvalue weighted by Crippen LogP contribution is 2.42. The molecule has 0 aliphatic carbocycles. The zero-order valence-corrected chi connectivity index (χ0v) is 18.9. The van der Waals surface area contributed by atoms with Gasteiger partial charge in [-0.2, -0.15) is 5.10 Å². The van der Waals surface area contributed by atoms with Crippen molar-refractivity contribution >= 4 is 5.82 Å². The molecule has 4 heteroatoms. The fourth-order valence-corrected chi connectivity index (χ4v) is 5.09.